The summed E-state index contributed by atoms with van der Waals surface area (Å²) in [6, 6.07) is 1.94. The van der Waals surface area contributed by atoms with Crippen LogP contribution in [0.1, 0.15) is 49.1 Å². The molecule has 1 aromatic rings. The molecule has 1 aliphatic heterocycles. The van der Waals surface area contributed by atoms with E-state index in [9.17, 15) is 9.59 Å². The minimum Gasteiger partial charge on any atom is -0.466 e. The van der Waals surface area contributed by atoms with Gasteiger partial charge >= 0.3 is 5.97 Å². The molecule has 0 aliphatic carbocycles. The van der Waals surface area contributed by atoms with Gasteiger partial charge in [-0.3, -0.25) is 9.59 Å². The molecule has 1 amide bonds. The standard InChI is InChI=1S/C24H41BrN2O5Si2/c1-10-30-20(28)15-17-13-14-26(23(31-11-2)33(4,5)6)22(29)21-18(17)16-19(25)27(21)24(32-12-3)34(7,8)9/h13,16,23-24H,10-12,14-15H2,1-9H3. The van der Waals surface area contributed by atoms with E-state index in [0.29, 0.717) is 32.1 Å². The van der Waals surface area contributed by atoms with Crippen molar-refractivity contribution in [3.8, 4) is 0 Å². The lowest BCUT2D eigenvalue weighted by molar-refractivity contribution is -0.141. The highest BCUT2D eigenvalue weighted by atomic mass is 79.9. The lowest BCUT2D eigenvalue weighted by Crippen LogP contribution is -2.55. The first-order valence-electron chi connectivity index (χ1n) is 12.1. The van der Waals surface area contributed by atoms with Crippen LogP contribution in [0.15, 0.2) is 16.7 Å². The monoisotopic (exact) mass is 572 g/mol. The van der Waals surface area contributed by atoms with E-state index in [1.807, 2.05) is 35.5 Å². The number of fused-ring (bicyclic) bond motifs is 1. The van der Waals surface area contributed by atoms with Crippen molar-refractivity contribution >= 4 is 49.5 Å². The van der Waals surface area contributed by atoms with Crippen molar-refractivity contribution < 1.29 is 23.8 Å². The molecule has 0 bridgehead atoms. The first-order valence-corrected chi connectivity index (χ1v) is 20.0. The van der Waals surface area contributed by atoms with Crippen molar-refractivity contribution in [3.63, 3.8) is 0 Å². The van der Waals surface area contributed by atoms with E-state index in [0.717, 1.165) is 15.7 Å². The van der Waals surface area contributed by atoms with Gasteiger partial charge in [0.25, 0.3) is 5.91 Å². The Morgan fingerprint density at radius 1 is 1.00 bits per heavy atom. The van der Waals surface area contributed by atoms with Crippen LogP contribution < -0.4 is 0 Å². The van der Waals surface area contributed by atoms with E-state index in [1.54, 1.807) is 6.92 Å². The summed E-state index contributed by atoms with van der Waals surface area (Å²) in [6.45, 7) is 20.8. The number of hydrogen-bond donors (Lipinski definition) is 0. The second-order valence-corrected chi connectivity index (χ2v) is 21.9. The van der Waals surface area contributed by atoms with Gasteiger partial charge in [0, 0.05) is 25.3 Å². The summed E-state index contributed by atoms with van der Waals surface area (Å²) >= 11 is 3.71. The van der Waals surface area contributed by atoms with Crippen molar-refractivity contribution in [2.75, 3.05) is 26.4 Å². The van der Waals surface area contributed by atoms with Crippen molar-refractivity contribution in [1.29, 1.82) is 0 Å². The molecule has 34 heavy (non-hydrogen) atoms. The molecule has 2 atom stereocenters. The minimum atomic E-state index is -1.92. The summed E-state index contributed by atoms with van der Waals surface area (Å²) in [4.78, 5) is 28.6. The molecular formula is C24H41BrN2O5Si2. The van der Waals surface area contributed by atoms with Crippen LogP contribution in [0.2, 0.25) is 39.3 Å². The molecular weight excluding hydrogens is 532 g/mol. The van der Waals surface area contributed by atoms with E-state index < -0.39 is 16.1 Å². The van der Waals surface area contributed by atoms with Gasteiger partial charge in [-0.15, -0.1) is 0 Å². The average molecular weight is 574 g/mol. The van der Waals surface area contributed by atoms with Crippen LogP contribution >= 0.6 is 15.9 Å². The number of ether oxygens (including phenoxy) is 3. The number of halogens is 1. The lowest BCUT2D eigenvalue weighted by Gasteiger charge is -2.39. The van der Waals surface area contributed by atoms with E-state index >= 15 is 0 Å². The minimum absolute atomic E-state index is 0.0976. The normalized spacial score (nSPS) is 16.6. The quantitative estimate of drug-likeness (QED) is 0.251. The maximum Gasteiger partial charge on any atom is 0.310 e. The zero-order chi connectivity index (χ0) is 25.8. The van der Waals surface area contributed by atoms with E-state index in [2.05, 4.69) is 55.2 Å². The van der Waals surface area contributed by atoms with Crippen molar-refractivity contribution in [3.05, 3.63) is 28.0 Å². The molecule has 2 heterocycles. The highest BCUT2D eigenvalue weighted by molar-refractivity contribution is 9.10. The predicted molar refractivity (Wildman–Crippen MR) is 145 cm³/mol. The molecule has 1 aliphatic rings. The zero-order valence-corrected chi connectivity index (χ0v) is 25.7. The van der Waals surface area contributed by atoms with E-state index in [-0.39, 0.29) is 30.0 Å². The van der Waals surface area contributed by atoms with Gasteiger partial charge < -0.3 is 23.7 Å². The first-order chi connectivity index (χ1) is 15.8. The number of aromatic nitrogens is 1. The number of amides is 1. The largest absolute Gasteiger partial charge is 0.466 e. The van der Waals surface area contributed by atoms with Crippen molar-refractivity contribution in [1.82, 2.24) is 9.47 Å². The van der Waals surface area contributed by atoms with Crippen LogP contribution in [0.3, 0.4) is 0 Å². The molecule has 1 aromatic heterocycles. The average Bonchev–Trinajstić information content (AvgIpc) is 2.99. The highest BCUT2D eigenvalue weighted by Gasteiger charge is 2.42. The molecule has 192 valence electrons. The summed E-state index contributed by atoms with van der Waals surface area (Å²) in [5.74, 6) is -0.946. The number of nitrogens with zero attached hydrogens (tertiary/aromatic N) is 2. The van der Waals surface area contributed by atoms with Gasteiger partial charge in [-0.1, -0.05) is 45.4 Å². The van der Waals surface area contributed by atoms with Crippen LogP contribution in [0.25, 0.3) is 5.57 Å². The Morgan fingerprint density at radius 2 is 1.56 bits per heavy atom. The third-order valence-electron chi connectivity index (χ3n) is 5.62. The van der Waals surface area contributed by atoms with Crippen LogP contribution in [0.4, 0.5) is 0 Å². The molecule has 0 fully saturated rings. The molecule has 0 saturated carbocycles. The fraction of sp³-hybridized carbons (Fsp3) is 0.667. The number of hydrogen-bond acceptors (Lipinski definition) is 5. The zero-order valence-electron chi connectivity index (χ0n) is 22.2. The van der Waals surface area contributed by atoms with Crippen LogP contribution in [0, 0.1) is 0 Å². The van der Waals surface area contributed by atoms with Gasteiger partial charge in [-0.2, -0.15) is 0 Å². The molecule has 0 spiro atoms. The summed E-state index contributed by atoms with van der Waals surface area (Å²) in [5.41, 5.74) is 2.09. The second kappa shape index (κ2) is 11.7. The van der Waals surface area contributed by atoms with Gasteiger partial charge in [0.05, 0.1) is 17.6 Å². The second-order valence-electron chi connectivity index (χ2n) is 10.6. The molecule has 0 N–H and O–H groups in total. The topological polar surface area (TPSA) is 70.0 Å². The molecule has 2 rings (SSSR count). The number of rotatable bonds is 11. The number of esters is 1. The molecule has 10 heteroatoms. The van der Waals surface area contributed by atoms with E-state index in [1.165, 1.54) is 0 Å². The van der Waals surface area contributed by atoms with Gasteiger partial charge in [0.1, 0.15) is 33.5 Å². The van der Waals surface area contributed by atoms with Crippen molar-refractivity contribution in [2.24, 2.45) is 0 Å². The Morgan fingerprint density at radius 3 is 2.06 bits per heavy atom. The van der Waals surface area contributed by atoms with Crippen LogP contribution in [0.5, 0.6) is 0 Å². The SMILES string of the molecule is CCOC(=O)CC1=CCN(C(OCC)[Si](C)(C)C)C(=O)c2c1cc(Br)n2C(OCC)[Si](C)(C)C. The molecule has 2 unspecified atom stereocenters. The highest BCUT2D eigenvalue weighted by Crippen LogP contribution is 2.38. The smallest absolute Gasteiger partial charge is 0.310 e. The maximum atomic E-state index is 14.3. The fourth-order valence-corrected chi connectivity index (χ4v) is 8.61. The van der Waals surface area contributed by atoms with Gasteiger partial charge in [0.15, 0.2) is 0 Å². The van der Waals surface area contributed by atoms with Gasteiger partial charge in [-0.25, -0.2) is 0 Å². The van der Waals surface area contributed by atoms with Crippen molar-refractivity contribution in [2.45, 2.75) is 78.2 Å². The Bertz CT molecular complexity index is 918. The summed E-state index contributed by atoms with van der Waals surface area (Å²) in [6.07, 6.45) is 2.09. The molecule has 0 aromatic carbocycles. The summed E-state index contributed by atoms with van der Waals surface area (Å²) in [7, 11) is -3.83. The van der Waals surface area contributed by atoms with Crippen LogP contribution in [-0.2, 0) is 19.0 Å². The van der Waals surface area contributed by atoms with Gasteiger partial charge in [0.2, 0.25) is 0 Å². The number of carbonyl (C=O) groups excluding carboxylic acids is 2. The summed E-state index contributed by atoms with van der Waals surface area (Å²) < 4.78 is 20.4. The van der Waals surface area contributed by atoms with Gasteiger partial charge in [-0.05, 0) is 48.3 Å². The number of carbonyl (C=O) groups is 2. The molecule has 7 nitrogen and oxygen atoms in total. The predicted octanol–water partition coefficient (Wildman–Crippen LogP) is 5.70. The summed E-state index contributed by atoms with van der Waals surface area (Å²) in [5, 5.41) is 0. The molecule has 0 saturated heterocycles. The maximum absolute atomic E-state index is 14.3. The molecule has 0 radical (unpaired) electrons. The third-order valence-corrected chi connectivity index (χ3v) is 10.1. The Hall–Kier alpha value is -1.21. The van der Waals surface area contributed by atoms with E-state index in [4.69, 9.17) is 14.2 Å². The Labute approximate surface area is 215 Å². The first kappa shape index (κ1) is 29.0. The Kier molecular flexibility index (Phi) is 9.98. The van der Waals surface area contributed by atoms with Crippen LogP contribution in [-0.4, -0.2) is 69.7 Å². The Balaban J connectivity index is 2.77. The fourth-order valence-electron chi connectivity index (χ4n) is 4.30. The third kappa shape index (κ3) is 6.51. The lowest BCUT2D eigenvalue weighted by atomic mass is 10.0.